The van der Waals surface area contributed by atoms with Crippen molar-refractivity contribution in [3.8, 4) is 22.5 Å². The second-order valence-electron chi connectivity index (χ2n) is 7.99. The van der Waals surface area contributed by atoms with E-state index < -0.39 is 0 Å². The van der Waals surface area contributed by atoms with Crippen molar-refractivity contribution in [1.29, 1.82) is 0 Å². The molecule has 0 aliphatic rings. The normalized spacial score (nSPS) is 11.1. The molecule has 3 aromatic carbocycles. The van der Waals surface area contributed by atoms with Gasteiger partial charge in [0.15, 0.2) is 5.13 Å². The van der Waals surface area contributed by atoms with E-state index in [0.717, 1.165) is 27.7 Å². The number of hydrogen-bond donors (Lipinski definition) is 1. The number of carbonyl (C=O) groups excluding carboxylic acids is 1. The first-order valence-electron chi connectivity index (χ1n) is 10.6. The fraction of sp³-hybridized carbons (Fsp3) is 0.0741. The number of nitrogens with one attached hydrogen (secondary N) is 1. The van der Waals surface area contributed by atoms with Crippen molar-refractivity contribution in [2.45, 2.75) is 13.8 Å². The average molecular weight is 504 g/mol. The van der Waals surface area contributed by atoms with Gasteiger partial charge in [0.05, 0.1) is 27.5 Å². The average Bonchev–Trinajstić information content (AvgIpc) is 3.28. The Morgan fingerprint density at radius 2 is 1.71 bits per heavy atom. The highest BCUT2D eigenvalue weighted by Gasteiger charge is 2.17. The van der Waals surface area contributed by atoms with Gasteiger partial charge in [0, 0.05) is 26.9 Å². The second kappa shape index (κ2) is 9.18. The first kappa shape index (κ1) is 22.5. The number of carbonyl (C=O) groups is 1. The number of para-hydroxylation sites is 1. The monoisotopic (exact) mass is 503 g/mol. The number of nitrogens with zero attached hydrogens (tertiary/aromatic N) is 2. The van der Waals surface area contributed by atoms with Crippen LogP contribution < -0.4 is 5.32 Å². The predicted octanol–water partition coefficient (Wildman–Crippen LogP) is 8.20. The zero-order chi connectivity index (χ0) is 23.8. The minimum atomic E-state index is -0.244. The Morgan fingerprint density at radius 3 is 2.50 bits per heavy atom. The van der Waals surface area contributed by atoms with E-state index in [4.69, 9.17) is 28.2 Å². The molecular formula is C27H19Cl2N3OS. The number of rotatable bonds is 4. The number of halogens is 2. The number of pyridine rings is 1. The Hall–Kier alpha value is -3.25. The van der Waals surface area contributed by atoms with E-state index in [2.05, 4.69) is 36.3 Å². The fourth-order valence-corrected chi connectivity index (χ4v) is 4.94. The van der Waals surface area contributed by atoms with Gasteiger partial charge in [-0.15, -0.1) is 11.3 Å². The Bertz CT molecular complexity index is 1560. The van der Waals surface area contributed by atoms with Crippen LogP contribution in [0.1, 0.15) is 21.5 Å². The van der Waals surface area contributed by atoms with Gasteiger partial charge in [-0.3, -0.25) is 10.1 Å². The molecule has 0 saturated carbocycles. The van der Waals surface area contributed by atoms with E-state index in [0.29, 0.717) is 26.4 Å². The third-order valence-corrected chi connectivity index (χ3v) is 7.00. The summed E-state index contributed by atoms with van der Waals surface area (Å²) in [5, 5.41) is 7.13. The minimum absolute atomic E-state index is 0.244. The number of amides is 1. The maximum absolute atomic E-state index is 13.4. The van der Waals surface area contributed by atoms with Crippen LogP contribution in [0.2, 0.25) is 10.0 Å². The van der Waals surface area contributed by atoms with Crippen LogP contribution in [-0.4, -0.2) is 15.9 Å². The molecule has 168 valence electrons. The first-order chi connectivity index (χ1) is 16.4. The van der Waals surface area contributed by atoms with Crippen LogP contribution in [-0.2, 0) is 0 Å². The summed E-state index contributed by atoms with van der Waals surface area (Å²) in [6, 6.07) is 20.9. The molecule has 2 aromatic heterocycles. The summed E-state index contributed by atoms with van der Waals surface area (Å²) >= 11 is 13.7. The summed E-state index contributed by atoms with van der Waals surface area (Å²) in [5.41, 5.74) is 6.84. The van der Waals surface area contributed by atoms with E-state index in [1.54, 1.807) is 12.1 Å². The number of hydrogen-bond acceptors (Lipinski definition) is 4. The van der Waals surface area contributed by atoms with Crippen LogP contribution in [0.25, 0.3) is 33.4 Å². The lowest BCUT2D eigenvalue weighted by Gasteiger charge is -2.11. The standard InChI is InChI=1S/C27H19Cl2N3OS/c1-15-7-8-17(11-16(15)2)24-13-21(19-5-3-4-6-23(19)30-24)26(33)32-27-31-25(14-34-27)20-10-9-18(28)12-22(20)29/h3-14H,1-2H3,(H,31,32,33). The quantitative estimate of drug-likeness (QED) is 0.268. The number of thiazole rings is 1. The molecule has 0 radical (unpaired) electrons. The van der Waals surface area contributed by atoms with E-state index >= 15 is 0 Å². The molecule has 4 nitrogen and oxygen atoms in total. The summed E-state index contributed by atoms with van der Waals surface area (Å²) in [4.78, 5) is 22.7. The van der Waals surface area contributed by atoms with Gasteiger partial charge in [-0.1, -0.05) is 53.5 Å². The van der Waals surface area contributed by atoms with Crippen molar-refractivity contribution in [1.82, 2.24) is 9.97 Å². The maximum atomic E-state index is 13.4. The summed E-state index contributed by atoms with van der Waals surface area (Å²) in [6.07, 6.45) is 0. The topological polar surface area (TPSA) is 54.9 Å². The van der Waals surface area contributed by atoms with E-state index in [1.807, 2.05) is 47.8 Å². The van der Waals surface area contributed by atoms with E-state index in [-0.39, 0.29) is 5.91 Å². The number of fused-ring (bicyclic) bond motifs is 1. The Morgan fingerprint density at radius 1 is 0.882 bits per heavy atom. The zero-order valence-electron chi connectivity index (χ0n) is 18.4. The molecular weight excluding hydrogens is 485 g/mol. The van der Waals surface area contributed by atoms with Crippen LogP contribution in [0, 0.1) is 13.8 Å². The van der Waals surface area contributed by atoms with Gasteiger partial charge < -0.3 is 0 Å². The molecule has 2 heterocycles. The van der Waals surface area contributed by atoms with Gasteiger partial charge in [-0.05, 0) is 61.4 Å². The van der Waals surface area contributed by atoms with Crippen LogP contribution in [0.3, 0.4) is 0 Å². The smallest absolute Gasteiger partial charge is 0.258 e. The number of anilines is 1. The third-order valence-electron chi connectivity index (χ3n) is 5.70. The lowest BCUT2D eigenvalue weighted by Crippen LogP contribution is -2.13. The molecule has 0 fully saturated rings. The van der Waals surface area contributed by atoms with Gasteiger partial charge in [-0.2, -0.15) is 0 Å². The van der Waals surface area contributed by atoms with Crippen molar-refractivity contribution >= 4 is 56.5 Å². The first-order valence-corrected chi connectivity index (χ1v) is 12.2. The molecule has 5 rings (SSSR count). The number of aromatic nitrogens is 2. The Kier molecular flexibility index (Phi) is 6.09. The molecule has 0 bridgehead atoms. The molecule has 0 aliphatic heterocycles. The predicted molar refractivity (Wildman–Crippen MR) is 142 cm³/mol. The van der Waals surface area contributed by atoms with E-state index in [9.17, 15) is 4.79 Å². The minimum Gasteiger partial charge on any atom is -0.298 e. The van der Waals surface area contributed by atoms with Crippen LogP contribution in [0.4, 0.5) is 5.13 Å². The lowest BCUT2D eigenvalue weighted by atomic mass is 10.0. The highest BCUT2D eigenvalue weighted by molar-refractivity contribution is 7.14. The van der Waals surface area contributed by atoms with Gasteiger partial charge in [0.25, 0.3) is 5.91 Å². The molecule has 5 aromatic rings. The molecule has 1 amide bonds. The highest BCUT2D eigenvalue weighted by Crippen LogP contribution is 2.33. The van der Waals surface area contributed by atoms with Gasteiger partial charge in [-0.25, -0.2) is 9.97 Å². The third kappa shape index (κ3) is 4.42. The van der Waals surface area contributed by atoms with Crippen molar-refractivity contribution < 1.29 is 4.79 Å². The molecule has 1 N–H and O–H groups in total. The van der Waals surface area contributed by atoms with E-state index in [1.165, 1.54) is 22.5 Å². The van der Waals surface area contributed by atoms with Crippen molar-refractivity contribution in [3.05, 3.63) is 98.8 Å². The summed E-state index contributed by atoms with van der Waals surface area (Å²) in [7, 11) is 0. The largest absolute Gasteiger partial charge is 0.298 e. The van der Waals surface area contributed by atoms with Crippen molar-refractivity contribution in [2.75, 3.05) is 5.32 Å². The van der Waals surface area contributed by atoms with Crippen LogP contribution in [0.5, 0.6) is 0 Å². The SMILES string of the molecule is Cc1ccc(-c2cc(C(=O)Nc3nc(-c4ccc(Cl)cc4Cl)cs3)c3ccccc3n2)cc1C. The van der Waals surface area contributed by atoms with Crippen LogP contribution >= 0.6 is 34.5 Å². The Balaban J connectivity index is 1.51. The maximum Gasteiger partial charge on any atom is 0.258 e. The Labute approximate surface area is 211 Å². The summed E-state index contributed by atoms with van der Waals surface area (Å²) in [5.74, 6) is -0.244. The number of aryl methyl sites for hydroxylation is 2. The molecule has 0 atom stereocenters. The molecule has 0 spiro atoms. The molecule has 34 heavy (non-hydrogen) atoms. The zero-order valence-corrected chi connectivity index (χ0v) is 20.7. The summed E-state index contributed by atoms with van der Waals surface area (Å²) < 4.78 is 0. The van der Waals surface area contributed by atoms with Gasteiger partial charge in [0.1, 0.15) is 0 Å². The summed E-state index contributed by atoms with van der Waals surface area (Å²) in [6.45, 7) is 4.14. The van der Waals surface area contributed by atoms with Crippen molar-refractivity contribution in [2.24, 2.45) is 0 Å². The molecule has 0 aliphatic carbocycles. The van der Waals surface area contributed by atoms with Gasteiger partial charge >= 0.3 is 0 Å². The molecule has 7 heteroatoms. The fourth-order valence-electron chi connectivity index (χ4n) is 3.73. The lowest BCUT2D eigenvalue weighted by molar-refractivity contribution is 0.102. The van der Waals surface area contributed by atoms with Crippen LogP contribution in [0.15, 0.2) is 72.1 Å². The van der Waals surface area contributed by atoms with Gasteiger partial charge in [0.2, 0.25) is 0 Å². The number of benzene rings is 3. The molecule has 0 unspecified atom stereocenters. The molecule has 0 saturated heterocycles. The highest BCUT2D eigenvalue weighted by atomic mass is 35.5. The van der Waals surface area contributed by atoms with Crippen molar-refractivity contribution in [3.63, 3.8) is 0 Å². The second-order valence-corrected chi connectivity index (χ2v) is 9.69.